The van der Waals surface area contributed by atoms with Crippen LogP contribution in [0.5, 0.6) is 0 Å². The predicted molar refractivity (Wildman–Crippen MR) is 82.3 cm³/mol. The van der Waals surface area contributed by atoms with Crippen LogP contribution in [-0.2, 0) is 6.54 Å². The first-order valence-corrected chi connectivity index (χ1v) is 6.88. The normalized spacial score (nSPS) is 11.6. The molecule has 0 radical (unpaired) electrons. The molecule has 0 saturated heterocycles. The van der Waals surface area contributed by atoms with E-state index in [1.54, 1.807) is 0 Å². The number of aliphatic imine (C=N–C) groups is 1. The highest BCUT2D eigenvalue weighted by molar-refractivity contribution is 5.77. The second-order valence-corrected chi connectivity index (χ2v) is 4.46. The van der Waals surface area contributed by atoms with Crippen LogP contribution in [0.2, 0.25) is 0 Å². The van der Waals surface area contributed by atoms with Gasteiger partial charge in [0.1, 0.15) is 12.4 Å². The van der Waals surface area contributed by atoms with Crippen molar-refractivity contribution in [3.05, 3.63) is 42.4 Å². The molecule has 0 aliphatic heterocycles. The number of rotatable bonds is 5. The van der Waals surface area contributed by atoms with Crippen molar-refractivity contribution in [1.82, 2.24) is 14.9 Å². The number of nitrogens with one attached hydrogen (secondary N) is 1. The van der Waals surface area contributed by atoms with Gasteiger partial charge in [0.2, 0.25) is 0 Å². The summed E-state index contributed by atoms with van der Waals surface area (Å²) < 4.78 is 0. The summed E-state index contributed by atoms with van der Waals surface area (Å²) in [5.41, 5.74) is 8.05. The summed E-state index contributed by atoms with van der Waals surface area (Å²) in [5.74, 6) is 1.38. The predicted octanol–water partition coefficient (Wildman–Crippen LogP) is 2.23. The Kier molecular flexibility index (Phi) is 4.76. The SMILES string of the molecule is CCN(CC)C(N)=NCc1ncc(-c2ccccc2)[nH]1. The molecule has 0 aliphatic rings. The molecule has 1 aromatic heterocycles. The lowest BCUT2D eigenvalue weighted by atomic mass is 10.2. The van der Waals surface area contributed by atoms with Crippen LogP contribution in [0.4, 0.5) is 0 Å². The average Bonchev–Trinajstić information content (AvgIpc) is 2.96. The minimum atomic E-state index is 0.467. The van der Waals surface area contributed by atoms with E-state index in [1.165, 1.54) is 0 Å². The van der Waals surface area contributed by atoms with Crippen LogP contribution >= 0.6 is 0 Å². The highest BCUT2D eigenvalue weighted by atomic mass is 15.2. The van der Waals surface area contributed by atoms with Crippen molar-refractivity contribution in [3.63, 3.8) is 0 Å². The third kappa shape index (κ3) is 3.38. The number of aromatic nitrogens is 2. The number of nitrogens with zero attached hydrogens (tertiary/aromatic N) is 3. The molecular weight excluding hydrogens is 250 g/mol. The molecule has 2 rings (SSSR count). The van der Waals surface area contributed by atoms with E-state index in [4.69, 9.17) is 5.73 Å². The molecule has 2 aromatic rings. The molecule has 0 unspecified atom stereocenters. The van der Waals surface area contributed by atoms with Gasteiger partial charge in [-0.1, -0.05) is 30.3 Å². The summed E-state index contributed by atoms with van der Waals surface area (Å²) in [4.78, 5) is 14.0. The Morgan fingerprint density at radius 1 is 1.25 bits per heavy atom. The van der Waals surface area contributed by atoms with Crippen LogP contribution in [-0.4, -0.2) is 33.9 Å². The van der Waals surface area contributed by atoms with Crippen LogP contribution in [0.3, 0.4) is 0 Å². The lowest BCUT2D eigenvalue weighted by molar-refractivity contribution is 0.458. The van der Waals surface area contributed by atoms with Crippen LogP contribution in [0.25, 0.3) is 11.3 Å². The van der Waals surface area contributed by atoms with Gasteiger partial charge in [-0.15, -0.1) is 0 Å². The third-order valence-corrected chi connectivity index (χ3v) is 3.19. The molecule has 20 heavy (non-hydrogen) atoms. The van der Waals surface area contributed by atoms with E-state index in [0.29, 0.717) is 12.5 Å². The largest absolute Gasteiger partial charge is 0.370 e. The van der Waals surface area contributed by atoms with Crippen molar-refractivity contribution in [1.29, 1.82) is 0 Å². The Bertz CT molecular complexity index is 555. The molecule has 1 heterocycles. The van der Waals surface area contributed by atoms with Gasteiger partial charge >= 0.3 is 0 Å². The number of nitrogens with two attached hydrogens (primary N) is 1. The summed E-state index contributed by atoms with van der Waals surface area (Å²) in [6, 6.07) is 10.1. The van der Waals surface area contributed by atoms with Crippen molar-refractivity contribution in [2.24, 2.45) is 10.7 Å². The summed E-state index contributed by atoms with van der Waals surface area (Å²) in [6.45, 7) is 6.31. The standard InChI is InChI=1S/C15H21N5/c1-3-20(4-2)15(16)18-11-14-17-10-13(19-14)12-8-6-5-7-9-12/h5-10H,3-4,11H2,1-2H3,(H2,16,18)(H,17,19). The first-order valence-electron chi connectivity index (χ1n) is 6.88. The van der Waals surface area contributed by atoms with Crippen LogP contribution < -0.4 is 5.73 Å². The second-order valence-electron chi connectivity index (χ2n) is 4.46. The number of hydrogen-bond donors (Lipinski definition) is 2. The zero-order valence-corrected chi connectivity index (χ0v) is 12.0. The summed E-state index contributed by atoms with van der Waals surface area (Å²) in [5, 5.41) is 0. The van der Waals surface area contributed by atoms with Crippen molar-refractivity contribution >= 4 is 5.96 Å². The number of hydrogen-bond acceptors (Lipinski definition) is 2. The van der Waals surface area contributed by atoms with E-state index in [-0.39, 0.29) is 0 Å². The van der Waals surface area contributed by atoms with Gasteiger partial charge in [-0.05, 0) is 19.4 Å². The monoisotopic (exact) mass is 271 g/mol. The van der Waals surface area contributed by atoms with Gasteiger partial charge in [0, 0.05) is 13.1 Å². The number of benzene rings is 1. The van der Waals surface area contributed by atoms with E-state index in [1.807, 2.05) is 41.4 Å². The van der Waals surface area contributed by atoms with Crippen molar-refractivity contribution in [2.75, 3.05) is 13.1 Å². The van der Waals surface area contributed by atoms with Crippen LogP contribution in [0.15, 0.2) is 41.5 Å². The maximum Gasteiger partial charge on any atom is 0.191 e. The highest BCUT2D eigenvalue weighted by Crippen LogP contribution is 2.16. The first kappa shape index (κ1) is 14.1. The van der Waals surface area contributed by atoms with Gasteiger partial charge in [-0.25, -0.2) is 9.98 Å². The number of H-pyrrole nitrogens is 1. The van der Waals surface area contributed by atoms with Gasteiger partial charge in [0.15, 0.2) is 5.96 Å². The Labute approximate surface area is 119 Å². The molecule has 0 fully saturated rings. The summed E-state index contributed by atoms with van der Waals surface area (Å²) >= 11 is 0. The van der Waals surface area contributed by atoms with E-state index in [9.17, 15) is 0 Å². The van der Waals surface area contributed by atoms with Gasteiger partial charge in [0.05, 0.1) is 11.9 Å². The lowest BCUT2D eigenvalue weighted by Crippen LogP contribution is -2.37. The quantitative estimate of drug-likeness (QED) is 0.647. The van der Waals surface area contributed by atoms with Crippen LogP contribution in [0, 0.1) is 0 Å². The van der Waals surface area contributed by atoms with Crippen LogP contribution in [0.1, 0.15) is 19.7 Å². The van der Waals surface area contributed by atoms with Gasteiger partial charge in [0.25, 0.3) is 0 Å². The summed E-state index contributed by atoms with van der Waals surface area (Å²) in [6.07, 6.45) is 1.83. The van der Waals surface area contributed by atoms with E-state index < -0.39 is 0 Å². The molecule has 1 aromatic carbocycles. The first-order chi connectivity index (χ1) is 9.74. The minimum Gasteiger partial charge on any atom is -0.370 e. The molecule has 0 atom stereocenters. The third-order valence-electron chi connectivity index (χ3n) is 3.19. The molecule has 0 aliphatic carbocycles. The fourth-order valence-electron chi connectivity index (χ4n) is 2.01. The van der Waals surface area contributed by atoms with Crippen molar-refractivity contribution in [2.45, 2.75) is 20.4 Å². The molecule has 5 nitrogen and oxygen atoms in total. The number of guanidine groups is 1. The van der Waals surface area contributed by atoms with E-state index >= 15 is 0 Å². The molecule has 0 amide bonds. The number of aromatic amines is 1. The van der Waals surface area contributed by atoms with Gasteiger partial charge in [-0.2, -0.15) is 0 Å². The Morgan fingerprint density at radius 3 is 2.60 bits per heavy atom. The summed E-state index contributed by atoms with van der Waals surface area (Å²) in [7, 11) is 0. The van der Waals surface area contributed by atoms with Crippen molar-refractivity contribution in [3.8, 4) is 11.3 Å². The van der Waals surface area contributed by atoms with E-state index in [0.717, 1.165) is 30.2 Å². The fourth-order valence-corrected chi connectivity index (χ4v) is 2.01. The smallest absolute Gasteiger partial charge is 0.191 e. The topological polar surface area (TPSA) is 70.3 Å². The molecule has 3 N–H and O–H groups in total. The fraction of sp³-hybridized carbons (Fsp3) is 0.333. The Hall–Kier alpha value is -2.30. The number of imidazole rings is 1. The molecule has 0 bridgehead atoms. The average molecular weight is 271 g/mol. The van der Waals surface area contributed by atoms with E-state index in [2.05, 4.69) is 28.8 Å². The molecule has 5 heteroatoms. The molecule has 0 saturated carbocycles. The second kappa shape index (κ2) is 6.75. The minimum absolute atomic E-state index is 0.467. The maximum atomic E-state index is 5.94. The molecule has 0 spiro atoms. The Balaban J connectivity index is 2.05. The lowest BCUT2D eigenvalue weighted by Gasteiger charge is -2.18. The Morgan fingerprint density at radius 2 is 1.95 bits per heavy atom. The van der Waals surface area contributed by atoms with Crippen molar-refractivity contribution < 1.29 is 0 Å². The zero-order valence-electron chi connectivity index (χ0n) is 12.0. The zero-order chi connectivity index (χ0) is 14.4. The molecular formula is C15H21N5. The van der Waals surface area contributed by atoms with Gasteiger partial charge < -0.3 is 15.6 Å². The maximum absolute atomic E-state index is 5.94. The highest BCUT2D eigenvalue weighted by Gasteiger charge is 2.04. The van der Waals surface area contributed by atoms with Gasteiger partial charge in [-0.3, -0.25) is 0 Å². The molecule has 106 valence electrons.